The molecule has 0 bridgehead atoms. The summed E-state index contributed by atoms with van der Waals surface area (Å²) in [4.78, 5) is 24.1. The largest absolute Gasteiger partial charge is 0.465 e. The molecule has 0 spiro atoms. The quantitative estimate of drug-likeness (QED) is 0.0883. The van der Waals surface area contributed by atoms with Crippen LogP contribution in [0.4, 0.5) is 0 Å². The minimum Gasteiger partial charge on any atom is -0.465 e. The highest BCUT2D eigenvalue weighted by atomic mass is 16.5. The van der Waals surface area contributed by atoms with Gasteiger partial charge in [0.15, 0.2) is 0 Å². The van der Waals surface area contributed by atoms with E-state index in [0.29, 0.717) is 25.4 Å². The first-order valence-corrected chi connectivity index (χ1v) is 15.4. The molecule has 0 aromatic heterocycles. The molecule has 0 fully saturated rings. The summed E-state index contributed by atoms with van der Waals surface area (Å²) < 4.78 is 11.2. The van der Waals surface area contributed by atoms with E-state index < -0.39 is 0 Å². The van der Waals surface area contributed by atoms with Crippen LogP contribution in [-0.4, -0.2) is 24.6 Å². The van der Waals surface area contributed by atoms with Crippen LogP contribution in [0.2, 0.25) is 0 Å². The summed E-state index contributed by atoms with van der Waals surface area (Å²) in [6, 6.07) is 0. The van der Waals surface area contributed by atoms with Gasteiger partial charge in [0.05, 0.1) is 6.61 Å². The zero-order chi connectivity index (χ0) is 26.0. The van der Waals surface area contributed by atoms with E-state index in [9.17, 15) is 9.59 Å². The van der Waals surface area contributed by atoms with Gasteiger partial charge in [-0.2, -0.15) is 0 Å². The molecule has 0 aliphatic rings. The van der Waals surface area contributed by atoms with Gasteiger partial charge in [-0.15, -0.1) is 0 Å². The van der Waals surface area contributed by atoms with E-state index in [2.05, 4.69) is 27.7 Å². The average molecular weight is 497 g/mol. The second kappa shape index (κ2) is 26.0. The second-order valence-corrected chi connectivity index (χ2v) is 10.5. The third kappa shape index (κ3) is 23.1. The molecule has 0 aromatic carbocycles. The highest BCUT2D eigenvalue weighted by Crippen LogP contribution is 2.16. The summed E-state index contributed by atoms with van der Waals surface area (Å²) >= 11 is 0. The van der Waals surface area contributed by atoms with Crippen molar-refractivity contribution in [3.8, 4) is 0 Å². The van der Waals surface area contributed by atoms with Crippen molar-refractivity contribution < 1.29 is 19.1 Å². The van der Waals surface area contributed by atoms with Crippen LogP contribution in [0.15, 0.2) is 0 Å². The number of esters is 2. The maximum atomic E-state index is 12.2. The third-order valence-corrected chi connectivity index (χ3v) is 7.17. The first-order valence-electron chi connectivity index (χ1n) is 15.4. The molecule has 0 amide bonds. The van der Waals surface area contributed by atoms with Gasteiger partial charge in [-0.1, -0.05) is 118 Å². The molecule has 2 unspecified atom stereocenters. The zero-order valence-corrected chi connectivity index (χ0v) is 24.1. The summed E-state index contributed by atoms with van der Waals surface area (Å²) in [5.74, 6) is 0.466. The molecule has 0 aliphatic heterocycles. The predicted octanol–water partition coefficient (Wildman–Crippen LogP) is 9.72. The topological polar surface area (TPSA) is 52.6 Å². The van der Waals surface area contributed by atoms with Crippen LogP contribution in [0.25, 0.3) is 0 Å². The van der Waals surface area contributed by atoms with Crippen molar-refractivity contribution in [1.29, 1.82) is 0 Å². The highest BCUT2D eigenvalue weighted by Gasteiger charge is 2.13. The first-order chi connectivity index (χ1) is 17.1. The van der Waals surface area contributed by atoms with Crippen LogP contribution >= 0.6 is 0 Å². The van der Waals surface area contributed by atoms with Crippen molar-refractivity contribution in [3.63, 3.8) is 0 Å². The van der Waals surface area contributed by atoms with Gasteiger partial charge in [-0.25, -0.2) is 0 Å². The highest BCUT2D eigenvalue weighted by molar-refractivity contribution is 5.69. The Bertz CT molecular complexity index is 477. The summed E-state index contributed by atoms with van der Waals surface area (Å²) in [6.07, 6.45) is 24.4. The molecule has 0 N–H and O–H groups in total. The molecule has 2 atom stereocenters. The van der Waals surface area contributed by atoms with Crippen molar-refractivity contribution in [2.24, 2.45) is 5.92 Å². The van der Waals surface area contributed by atoms with Gasteiger partial charge in [0.2, 0.25) is 0 Å². The van der Waals surface area contributed by atoms with Crippen molar-refractivity contribution in [3.05, 3.63) is 0 Å². The Labute approximate surface area is 218 Å². The first kappa shape index (κ1) is 33.9. The monoisotopic (exact) mass is 496 g/mol. The number of unbranched alkanes of at least 4 members (excludes halogenated alkanes) is 13. The van der Waals surface area contributed by atoms with Crippen molar-refractivity contribution in [2.75, 3.05) is 6.61 Å². The van der Waals surface area contributed by atoms with Crippen LogP contribution in [-0.2, 0) is 19.1 Å². The van der Waals surface area contributed by atoms with E-state index in [1.165, 1.54) is 57.8 Å². The number of hydrogen-bond donors (Lipinski definition) is 0. The fourth-order valence-corrected chi connectivity index (χ4v) is 4.52. The van der Waals surface area contributed by atoms with Crippen LogP contribution in [0.5, 0.6) is 0 Å². The Balaban J connectivity index is 3.64. The standard InChI is InChI=1S/C31H60O4/c1-5-9-11-12-13-14-15-18-22-26-31(33)35-29(8-4)24-20-17-16-19-21-25-30(32)34-27-28(7-3)23-10-6-2/h28-29H,5-27H2,1-4H3. The Kier molecular flexibility index (Phi) is 25.2. The maximum Gasteiger partial charge on any atom is 0.306 e. The molecular weight excluding hydrogens is 436 g/mol. The lowest BCUT2D eigenvalue weighted by atomic mass is 10.0. The molecule has 4 heteroatoms. The molecular formula is C31H60O4. The van der Waals surface area contributed by atoms with E-state index in [4.69, 9.17) is 9.47 Å². The smallest absolute Gasteiger partial charge is 0.306 e. The van der Waals surface area contributed by atoms with Crippen LogP contribution in [0, 0.1) is 5.92 Å². The van der Waals surface area contributed by atoms with Crippen molar-refractivity contribution >= 4 is 11.9 Å². The van der Waals surface area contributed by atoms with Gasteiger partial charge < -0.3 is 9.47 Å². The van der Waals surface area contributed by atoms with Crippen molar-refractivity contribution in [1.82, 2.24) is 0 Å². The average Bonchev–Trinajstić information content (AvgIpc) is 2.86. The fraction of sp³-hybridized carbons (Fsp3) is 0.935. The second-order valence-electron chi connectivity index (χ2n) is 10.5. The molecule has 0 saturated carbocycles. The molecule has 0 rings (SSSR count). The third-order valence-electron chi connectivity index (χ3n) is 7.17. The summed E-state index contributed by atoms with van der Waals surface area (Å²) in [7, 11) is 0. The van der Waals surface area contributed by atoms with E-state index in [-0.39, 0.29) is 18.0 Å². The lowest BCUT2D eigenvalue weighted by Crippen LogP contribution is -2.17. The van der Waals surface area contributed by atoms with E-state index in [0.717, 1.165) is 70.6 Å². The SMILES string of the molecule is CCCCCCCCCCCC(=O)OC(CC)CCCCCCCC(=O)OCC(CC)CCCC. The van der Waals surface area contributed by atoms with Gasteiger partial charge in [0.25, 0.3) is 0 Å². The van der Waals surface area contributed by atoms with Gasteiger partial charge in [0, 0.05) is 12.8 Å². The Morgan fingerprint density at radius 3 is 1.60 bits per heavy atom. The molecule has 4 nitrogen and oxygen atoms in total. The van der Waals surface area contributed by atoms with Gasteiger partial charge in [0.1, 0.15) is 6.10 Å². The fourth-order valence-electron chi connectivity index (χ4n) is 4.52. The summed E-state index contributed by atoms with van der Waals surface area (Å²) in [5, 5.41) is 0. The number of ether oxygens (including phenoxy) is 2. The minimum absolute atomic E-state index is 0.0154. The molecule has 208 valence electrons. The van der Waals surface area contributed by atoms with Gasteiger partial charge in [-0.05, 0) is 44.4 Å². The Hall–Kier alpha value is -1.06. The number of rotatable bonds is 26. The lowest BCUT2D eigenvalue weighted by Gasteiger charge is -2.16. The minimum atomic E-state index is -0.0371. The van der Waals surface area contributed by atoms with E-state index in [1.54, 1.807) is 0 Å². The molecule has 0 aromatic rings. The molecule has 0 saturated heterocycles. The summed E-state index contributed by atoms with van der Waals surface area (Å²) in [6.45, 7) is 9.32. The zero-order valence-electron chi connectivity index (χ0n) is 24.1. The molecule has 0 heterocycles. The Morgan fingerprint density at radius 2 is 1.06 bits per heavy atom. The molecule has 0 radical (unpaired) electrons. The van der Waals surface area contributed by atoms with Crippen molar-refractivity contribution in [2.45, 2.75) is 175 Å². The number of carbonyl (C=O) groups excluding carboxylic acids is 2. The van der Waals surface area contributed by atoms with Gasteiger partial charge in [-0.3, -0.25) is 9.59 Å². The van der Waals surface area contributed by atoms with Crippen LogP contribution in [0.3, 0.4) is 0 Å². The summed E-state index contributed by atoms with van der Waals surface area (Å²) in [5.41, 5.74) is 0. The van der Waals surface area contributed by atoms with E-state index in [1.807, 2.05) is 0 Å². The van der Waals surface area contributed by atoms with E-state index >= 15 is 0 Å². The normalized spacial score (nSPS) is 12.9. The molecule has 0 aliphatic carbocycles. The lowest BCUT2D eigenvalue weighted by molar-refractivity contribution is -0.149. The molecule has 35 heavy (non-hydrogen) atoms. The van der Waals surface area contributed by atoms with Gasteiger partial charge >= 0.3 is 11.9 Å². The Morgan fingerprint density at radius 1 is 0.543 bits per heavy atom. The van der Waals surface area contributed by atoms with Crippen LogP contribution in [0.1, 0.15) is 169 Å². The maximum absolute atomic E-state index is 12.2. The predicted molar refractivity (Wildman–Crippen MR) is 149 cm³/mol. The number of carbonyl (C=O) groups is 2. The van der Waals surface area contributed by atoms with Crippen LogP contribution < -0.4 is 0 Å². The number of hydrogen-bond acceptors (Lipinski definition) is 4.